The summed E-state index contributed by atoms with van der Waals surface area (Å²) in [5.74, 6) is 0.558. The van der Waals surface area contributed by atoms with Crippen LogP contribution in [0.3, 0.4) is 0 Å². The molecule has 1 unspecified atom stereocenters. The Morgan fingerprint density at radius 3 is 2.80 bits per heavy atom. The van der Waals surface area contributed by atoms with Gasteiger partial charge in [0.15, 0.2) is 0 Å². The van der Waals surface area contributed by atoms with Gasteiger partial charge in [0.05, 0.1) is 5.69 Å². The van der Waals surface area contributed by atoms with Crippen molar-refractivity contribution in [3.8, 4) is 0 Å². The quantitative estimate of drug-likeness (QED) is 0.835. The molecule has 0 aromatic carbocycles. The number of rotatable bonds is 2. The maximum atomic E-state index is 9.83. The van der Waals surface area contributed by atoms with Crippen LogP contribution in [0.2, 0.25) is 0 Å². The second-order valence-corrected chi connectivity index (χ2v) is 5.74. The fraction of sp³-hybridized carbons (Fsp3) is 0.727. The summed E-state index contributed by atoms with van der Waals surface area (Å²) in [5, 5.41) is 12.8. The summed E-state index contributed by atoms with van der Waals surface area (Å²) in [5.41, 5.74) is 0.356. The summed E-state index contributed by atoms with van der Waals surface area (Å²) >= 11 is 1.56. The first-order chi connectivity index (χ1) is 6.97. The maximum Gasteiger partial charge on any atom is 0.124 e. The van der Waals surface area contributed by atoms with E-state index in [0.29, 0.717) is 5.92 Å². The van der Waals surface area contributed by atoms with Gasteiger partial charge in [0.1, 0.15) is 10.6 Å². The van der Waals surface area contributed by atoms with E-state index in [2.05, 4.69) is 22.3 Å². The van der Waals surface area contributed by atoms with Crippen LogP contribution in [0.4, 0.5) is 0 Å². The summed E-state index contributed by atoms with van der Waals surface area (Å²) in [6.45, 7) is 5.82. The zero-order chi connectivity index (χ0) is 11.1. The second-order valence-electron chi connectivity index (χ2n) is 4.88. The highest BCUT2D eigenvalue weighted by molar-refractivity contribution is 7.09. The summed E-state index contributed by atoms with van der Waals surface area (Å²) in [4.78, 5) is 6.87. The van der Waals surface area contributed by atoms with Crippen molar-refractivity contribution in [3.05, 3.63) is 16.1 Å². The molecule has 1 saturated heterocycles. The standard InChI is InChI=1S/C11H18N2OS/c1-11(2,14)10-12-9(7-15-10)8-4-5-13(3)6-8/h7-8,14H,4-6H2,1-3H3. The molecule has 1 aromatic heterocycles. The Balaban J connectivity index is 2.14. The van der Waals surface area contributed by atoms with Gasteiger partial charge in [-0.25, -0.2) is 4.98 Å². The number of hydrogen-bond donors (Lipinski definition) is 1. The van der Waals surface area contributed by atoms with Gasteiger partial charge < -0.3 is 10.0 Å². The molecule has 1 N–H and O–H groups in total. The zero-order valence-electron chi connectivity index (χ0n) is 9.53. The van der Waals surface area contributed by atoms with Gasteiger partial charge in [0.25, 0.3) is 0 Å². The lowest BCUT2D eigenvalue weighted by Crippen LogP contribution is -2.16. The third-order valence-corrected chi connectivity index (χ3v) is 4.03. The molecule has 2 heterocycles. The molecule has 0 amide bonds. The fourth-order valence-electron chi connectivity index (χ4n) is 1.93. The van der Waals surface area contributed by atoms with Crippen molar-refractivity contribution in [1.29, 1.82) is 0 Å². The first-order valence-electron chi connectivity index (χ1n) is 5.33. The number of hydrogen-bond acceptors (Lipinski definition) is 4. The van der Waals surface area contributed by atoms with E-state index in [1.165, 1.54) is 6.42 Å². The van der Waals surface area contributed by atoms with Crippen molar-refractivity contribution < 1.29 is 5.11 Å². The number of nitrogens with zero attached hydrogens (tertiary/aromatic N) is 2. The van der Waals surface area contributed by atoms with Gasteiger partial charge in [0.2, 0.25) is 0 Å². The molecule has 0 radical (unpaired) electrons. The molecule has 0 bridgehead atoms. The van der Waals surface area contributed by atoms with Crippen LogP contribution in [-0.4, -0.2) is 35.1 Å². The van der Waals surface area contributed by atoms with Crippen molar-refractivity contribution in [2.75, 3.05) is 20.1 Å². The van der Waals surface area contributed by atoms with Crippen molar-refractivity contribution in [3.63, 3.8) is 0 Å². The minimum absolute atomic E-state index is 0.558. The van der Waals surface area contributed by atoms with Gasteiger partial charge in [-0.1, -0.05) is 0 Å². The van der Waals surface area contributed by atoms with E-state index in [-0.39, 0.29) is 0 Å². The number of thiazole rings is 1. The smallest absolute Gasteiger partial charge is 0.124 e. The van der Waals surface area contributed by atoms with E-state index in [4.69, 9.17) is 0 Å². The van der Waals surface area contributed by atoms with Crippen LogP contribution in [0.25, 0.3) is 0 Å². The first-order valence-corrected chi connectivity index (χ1v) is 6.21. The van der Waals surface area contributed by atoms with Gasteiger partial charge in [-0.2, -0.15) is 0 Å². The molecular weight excluding hydrogens is 208 g/mol. The van der Waals surface area contributed by atoms with E-state index < -0.39 is 5.60 Å². The highest BCUT2D eigenvalue weighted by Crippen LogP contribution is 2.30. The van der Waals surface area contributed by atoms with Crippen molar-refractivity contribution in [2.45, 2.75) is 31.8 Å². The Hall–Kier alpha value is -0.450. The van der Waals surface area contributed by atoms with E-state index in [9.17, 15) is 5.11 Å². The number of likely N-dealkylation sites (tertiary alicyclic amines) is 1. The first kappa shape index (κ1) is 11.0. The Labute approximate surface area is 94.8 Å². The van der Waals surface area contributed by atoms with E-state index >= 15 is 0 Å². The van der Waals surface area contributed by atoms with E-state index in [0.717, 1.165) is 23.8 Å². The Bertz CT molecular complexity index is 343. The highest BCUT2D eigenvalue weighted by atomic mass is 32.1. The largest absolute Gasteiger partial charge is 0.383 e. The second kappa shape index (κ2) is 3.85. The maximum absolute atomic E-state index is 9.83. The lowest BCUT2D eigenvalue weighted by molar-refractivity contribution is 0.0780. The van der Waals surface area contributed by atoms with Gasteiger partial charge in [0, 0.05) is 17.8 Å². The Morgan fingerprint density at radius 1 is 1.60 bits per heavy atom. The Kier molecular flexibility index (Phi) is 2.83. The lowest BCUT2D eigenvalue weighted by atomic mass is 10.1. The predicted octanol–water partition coefficient (Wildman–Crippen LogP) is 1.79. The van der Waals surface area contributed by atoms with Crippen molar-refractivity contribution in [2.24, 2.45) is 0 Å². The molecule has 1 atom stereocenters. The van der Waals surface area contributed by atoms with Crippen LogP contribution < -0.4 is 0 Å². The van der Waals surface area contributed by atoms with E-state index in [1.807, 2.05) is 0 Å². The lowest BCUT2D eigenvalue weighted by Gasteiger charge is -2.13. The zero-order valence-corrected chi connectivity index (χ0v) is 10.3. The van der Waals surface area contributed by atoms with Gasteiger partial charge in [-0.3, -0.25) is 0 Å². The highest BCUT2D eigenvalue weighted by Gasteiger charge is 2.26. The summed E-state index contributed by atoms with van der Waals surface area (Å²) in [6.07, 6.45) is 1.19. The molecule has 4 heteroatoms. The molecule has 2 rings (SSSR count). The molecule has 84 valence electrons. The molecule has 15 heavy (non-hydrogen) atoms. The summed E-state index contributed by atoms with van der Waals surface area (Å²) in [7, 11) is 2.14. The van der Waals surface area contributed by atoms with Crippen LogP contribution in [0, 0.1) is 0 Å². The molecule has 1 aliphatic heterocycles. The summed E-state index contributed by atoms with van der Waals surface area (Å²) in [6, 6.07) is 0. The van der Waals surface area contributed by atoms with Crippen LogP contribution in [-0.2, 0) is 5.60 Å². The Morgan fingerprint density at radius 2 is 2.33 bits per heavy atom. The predicted molar refractivity (Wildman–Crippen MR) is 62.2 cm³/mol. The molecule has 1 aliphatic rings. The minimum atomic E-state index is -0.798. The van der Waals surface area contributed by atoms with Crippen LogP contribution in [0.15, 0.2) is 5.38 Å². The topological polar surface area (TPSA) is 36.4 Å². The van der Waals surface area contributed by atoms with Crippen LogP contribution in [0.1, 0.15) is 36.9 Å². The molecule has 0 spiro atoms. The normalized spacial score (nSPS) is 23.6. The molecular formula is C11H18N2OS. The average molecular weight is 226 g/mol. The van der Waals surface area contributed by atoms with Gasteiger partial charge in [-0.05, 0) is 33.9 Å². The van der Waals surface area contributed by atoms with Crippen molar-refractivity contribution >= 4 is 11.3 Å². The fourth-order valence-corrected chi connectivity index (χ4v) is 2.86. The monoisotopic (exact) mass is 226 g/mol. The van der Waals surface area contributed by atoms with Gasteiger partial charge in [-0.15, -0.1) is 11.3 Å². The molecule has 0 aliphatic carbocycles. The van der Waals surface area contributed by atoms with Crippen LogP contribution in [0.5, 0.6) is 0 Å². The number of likely N-dealkylation sites (N-methyl/N-ethyl adjacent to an activating group) is 1. The molecule has 1 fully saturated rings. The average Bonchev–Trinajstić information content (AvgIpc) is 2.69. The number of aromatic nitrogens is 1. The molecule has 1 aromatic rings. The molecule has 0 saturated carbocycles. The minimum Gasteiger partial charge on any atom is -0.383 e. The number of aliphatic hydroxyl groups is 1. The third kappa shape index (κ3) is 2.38. The summed E-state index contributed by atoms with van der Waals surface area (Å²) < 4.78 is 0. The third-order valence-electron chi connectivity index (χ3n) is 2.85. The van der Waals surface area contributed by atoms with E-state index in [1.54, 1.807) is 25.2 Å². The SMILES string of the molecule is CN1CCC(c2csc(C(C)(C)O)n2)C1. The molecule has 3 nitrogen and oxygen atoms in total. The van der Waals surface area contributed by atoms with Crippen LogP contribution >= 0.6 is 11.3 Å². The van der Waals surface area contributed by atoms with Crippen molar-refractivity contribution in [1.82, 2.24) is 9.88 Å². The van der Waals surface area contributed by atoms with Gasteiger partial charge >= 0.3 is 0 Å².